The molecular weight excluding hydrogens is 384 g/mol. The van der Waals surface area contributed by atoms with Crippen LogP contribution in [0.1, 0.15) is 18.9 Å². The van der Waals surface area contributed by atoms with Gasteiger partial charge in [0, 0.05) is 6.42 Å². The van der Waals surface area contributed by atoms with Gasteiger partial charge in [-0.2, -0.15) is 0 Å². The molecule has 29 heavy (non-hydrogen) atoms. The van der Waals surface area contributed by atoms with Crippen molar-refractivity contribution < 1.29 is 34.2 Å². The van der Waals surface area contributed by atoms with Gasteiger partial charge < -0.3 is 31.9 Å². The highest BCUT2D eigenvalue weighted by atomic mass is 16.4. The van der Waals surface area contributed by atoms with E-state index in [1.54, 1.807) is 30.3 Å². The maximum absolute atomic E-state index is 12.6. The summed E-state index contributed by atoms with van der Waals surface area (Å²) in [6.07, 6.45) is -0.672. The van der Waals surface area contributed by atoms with Crippen molar-refractivity contribution >= 4 is 29.7 Å². The molecule has 7 N–H and O–H groups in total. The number of aliphatic carboxylic acids is 2. The van der Waals surface area contributed by atoms with Crippen LogP contribution in [0.25, 0.3) is 0 Å². The molecule has 11 heteroatoms. The summed E-state index contributed by atoms with van der Waals surface area (Å²) in [4.78, 5) is 58.1. The van der Waals surface area contributed by atoms with Gasteiger partial charge in [0.05, 0.1) is 13.0 Å². The van der Waals surface area contributed by atoms with Crippen molar-refractivity contribution in [2.24, 2.45) is 5.73 Å². The molecule has 0 saturated carbocycles. The Labute approximate surface area is 166 Å². The summed E-state index contributed by atoms with van der Waals surface area (Å²) in [7, 11) is 0. The minimum Gasteiger partial charge on any atom is -0.481 e. The molecule has 0 radical (unpaired) electrons. The number of amides is 3. The third-order valence-electron chi connectivity index (χ3n) is 3.87. The number of rotatable bonds is 11. The quantitative estimate of drug-likeness (QED) is 0.248. The lowest BCUT2D eigenvalue weighted by Crippen LogP contribution is -2.56. The van der Waals surface area contributed by atoms with E-state index in [1.165, 1.54) is 6.92 Å². The number of nitrogens with one attached hydrogen (secondary N) is 3. The number of nitrogens with two attached hydrogens (primary N) is 1. The van der Waals surface area contributed by atoms with Crippen LogP contribution < -0.4 is 21.7 Å². The van der Waals surface area contributed by atoms with Crippen LogP contribution in [0.15, 0.2) is 30.3 Å². The second-order valence-electron chi connectivity index (χ2n) is 6.24. The molecule has 0 bridgehead atoms. The molecule has 0 saturated heterocycles. The van der Waals surface area contributed by atoms with E-state index in [-0.39, 0.29) is 13.0 Å². The standard InChI is InChI=1S/C18H24N4O7/c1-10(16(26)22-13(18(28)29)8-15(24)25)20-17(27)12(21-14(23)9-19)7-11-5-3-2-4-6-11/h2-6,10,12-13H,7-9,19H2,1H3,(H,20,27)(H,21,23)(H,22,26)(H,24,25)(H,28,29). The Bertz CT molecular complexity index is 754. The Kier molecular flexibility index (Phi) is 9.26. The Hall–Kier alpha value is -3.47. The summed E-state index contributed by atoms with van der Waals surface area (Å²) in [5.74, 6) is -5.04. The number of hydrogen-bond acceptors (Lipinski definition) is 6. The van der Waals surface area contributed by atoms with E-state index in [4.69, 9.17) is 15.9 Å². The lowest BCUT2D eigenvalue weighted by molar-refractivity contribution is -0.147. The van der Waals surface area contributed by atoms with Gasteiger partial charge in [-0.25, -0.2) is 4.79 Å². The number of carboxylic acid groups (broad SMARTS) is 2. The van der Waals surface area contributed by atoms with Crippen LogP contribution in [0.5, 0.6) is 0 Å². The Morgan fingerprint density at radius 2 is 1.55 bits per heavy atom. The highest BCUT2D eigenvalue weighted by molar-refractivity contribution is 5.94. The number of carboxylic acids is 2. The zero-order chi connectivity index (χ0) is 22.0. The molecule has 1 aromatic rings. The molecule has 0 aliphatic rings. The molecule has 3 unspecified atom stereocenters. The second-order valence-corrected chi connectivity index (χ2v) is 6.24. The van der Waals surface area contributed by atoms with Gasteiger partial charge in [0.2, 0.25) is 17.7 Å². The van der Waals surface area contributed by atoms with Gasteiger partial charge >= 0.3 is 11.9 Å². The van der Waals surface area contributed by atoms with Crippen LogP contribution >= 0.6 is 0 Å². The molecule has 0 spiro atoms. The van der Waals surface area contributed by atoms with Crippen LogP contribution in [0.2, 0.25) is 0 Å². The van der Waals surface area contributed by atoms with Crippen LogP contribution in [0.3, 0.4) is 0 Å². The van der Waals surface area contributed by atoms with E-state index in [0.29, 0.717) is 0 Å². The number of benzene rings is 1. The summed E-state index contributed by atoms with van der Waals surface area (Å²) >= 11 is 0. The predicted octanol–water partition coefficient (Wildman–Crippen LogP) is -1.78. The van der Waals surface area contributed by atoms with Crippen LogP contribution in [-0.4, -0.2) is 64.5 Å². The first-order valence-corrected chi connectivity index (χ1v) is 8.72. The Balaban J connectivity index is 2.80. The zero-order valence-electron chi connectivity index (χ0n) is 15.8. The molecular formula is C18H24N4O7. The van der Waals surface area contributed by atoms with Gasteiger partial charge in [-0.05, 0) is 12.5 Å². The van der Waals surface area contributed by atoms with Crippen molar-refractivity contribution in [3.8, 4) is 0 Å². The molecule has 11 nitrogen and oxygen atoms in total. The summed E-state index contributed by atoms with van der Waals surface area (Å²) in [5, 5.41) is 24.6. The van der Waals surface area contributed by atoms with Crippen molar-refractivity contribution in [1.82, 2.24) is 16.0 Å². The summed E-state index contributed by atoms with van der Waals surface area (Å²) in [6, 6.07) is 5.00. The molecule has 0 heterocycles. The van der Waals surface area contributed by atoms with Crippen molar-refractivity contribution in [2.75, 3.05) is 6.54 Å². The minimum absolute atomic E-state index is 0.142. The smallest absolute Gasteiger partial charge is 0.326 e. The third kappa shape index (κ3) is 8.39. The van der Waals surface area contributed by atoms with E-state index >= 15 is 0 Å². The van der Waals surface area contributed by atoms with Gasteiger partial charge in [0.15, 0.2) is 0 Å². The summed E-state index contributed by atoms with van der Waals surface area (Å²) in [5.41, 5.74) is 6.03. The van der Waals surface area contributed by atoms with Gasteiger partial charge in [-0.3, -0.25) is 19.2 Å². The fourth-order valence-corrected chi connectivity index (χ4v) is 2.36. The van der Waals surface area contributed by atoms with E-state index in [1.807, 2.05) is 0 Å². The first-order chi connectivity index (χ1) is 13.6. The summed E-state index contributed by atoms with van der Waals surface area (Å²) in [6.45, 7) is 0.974. The zero-order valence-corrected chi connectivity index (χ0v) is 15.8. The van der Waals surface area contributed by atoms with Crippen LogP contribution in [0.4, 0.5) is 0 Å². The van der Waals surface area contributed by atoms with Crippen molar-refractivity contribution in [2.45, 2.75) is 37.9 Å². The largest absolute Gasteiger partial charge is 0.481 e. The number of carbonyl (C=O) groups is 5. The van der Waals surface area contributed by atoms with Crippen molar-refractivity contribution in [1.29, 1.82) is 0 Å². The highest BCUT2D eigenvalue weighted by Crippen LogP contribution is 2.04. The predicted molar refractivity (Wildman–Crippen MR) is 101 cm³/mol. The first kappa shape index (κ1) is 23.6. The lowest BCUT2D eigenvalue weighted by atomic mass is 10.0. The molecule has 3 atom stereocenters. The molecule has 0 aliphatic heterocycles. The second kappa shape index (κ2) is 11.4. The molecule has 158 valence electrons. The van der Waals surface area contributed by atoms with Crippen molar-refractivity contribution in [3.05, 3.63) is 35.9 Å². The van der Waals surface area contributed by atoms with Gasteiger partial charge in [0.25, 0.3) is 0 Å². The van der Waals surface area contributed by atoms with E-state index in [2.05, 4.69) is 16.0 Å². The molecule has 0 aromatic heterocycles. The summed E-state index contributed by atoms with van der Waals surface area (Å²) < 4.78 is 0. The third-order valence-corrected chi connectivity index (χ3v) is 3.87. The fourth-order valence-electron chi connectivity index (χ4n) is 2.36. The van der Waals surface area contributed by atoms with Crippen LogP contribution in [0, 0.1) is 0 Å². The Morgan fingerprint density at radius 1 is 0.931 bits per heavy atom. The van der Waals surface area contributed by atoms with E-state index in [0.717, 1.165) is 5.56 Å². The van der Waals surface area contributed by atoms with Gasteiger partial charge in [0.1, 0.15) is 18.1 Å². The SMILES string of the molecule is CC(NC(=O)C(Cc1ccccc1)NC(=O)CN)C(=O)NC(CC(=O)O)C(=O)O. The minimum atomic E-state index is -1.64. The van der Waals surface area contributed by atoms with Gasteiger partial charge in [-0.15, -0.1) is 0 Å². The maximum Gasteiger partial charge on any atom is 0.326 e. The lowest BCUT2D eigenvalue weighted by Gasteiger charge is -2.22. The highest BCUT2D eigenvalue weighted by Gasteiger charge is 2.28. The van der Waals surface area contributed by atoms with Crippen molar-refractivity contribution in [3.63, 3.8) is 0 Å². The van der Waals surface area contributed by atoms with E-state index < -0.39 is 54.2 Å². The topological polar surface area (TPSA) is 188 Å². The fraction of sp³-hybridized carbons (Fsp3) is 0.389. The molecule has 3 amide bonds. The van der Waals surface area contributed by atoms with Crippen LogP contribution in [-0.2, 0) is 30.4 Å². The monoisotopic (exact) mass is 408 g/mol. The normalized spacial score (nSPS) is 13.4. The number of carbonyl (C=O) groups excluding carboxylic acids is 3. The van der Waals surface area contributed by atoms with Gasteiger partial charge in [-0.1, -0.05) is 30.3 Å². The molecule has 0 fully saturated rings. The number of hydrogen-bond donors (Lipinski definition) is 6. The molecule has 0 aliphatic carbocycles. The van der Waals surface area contributed by atoms with E-state index in [9.17, 15) is 24.0 Å². The average molecular weight is 408 g/mol. The maximum atomic E-state index is 12.6. The Morgan fingerprint density at radius 3 is 2.07 bits per heavy atom. The molecule has 1 rings (SSSR count). The average Bonchev–Trinajstić information content (AvgIpc) is 2.66. The molecule has 1 aromatic carbocycles. The first-order valence-electron chi connectivity index (χ1n) is 8.72.